The van der Waals surface area contributed by atoms with Crippen LogP contribution in [0, 0.1) is 6.92 Å². The van der Waals surface area contributed by atoms with Crippen molar-refractivity contribution in [1.29, 1.82) is 0 Å². The van der Waals surface area contributed by atoms with Crippen LogP contribution in [0.3, 0.4) is 0 Å². The molecular formula is C20H25FN4O2S2. The van der Waals surface area contributed by atoms with E-state index in [0.717, 1.165) is 15.2 Å². The zero-order chi connectivity index (χ0) is 21.3. The zero-order valence-electron chi connectivity index (χ0n) is 17.1. The maximum atomic E-state index is 14.6. The normalized spacial score (nSPS) is 13.1. The number of fused-ring (bicyclic) bond motifs is 1. The van der Waals surface area contributed by atoms with Crippen molar-refractivity contribution in [2.75, 3.05) is 16.8 Å². The molecule has 3 heterocycles. The van der Waals surface area contributed by atoms with Crippen LogP contribution in [0.5, 0.6) is 0 Å². The molecule has 0 unspecified atom stereocenters. The molecule has 0 bridgehead atoms. The van der Waals surface area contributed by atoms with E-state index in [0.29, 0.717) is 16.4 Å². The summed E-state index contributed by atoms with van der Waals surface area (Å²) in [6, 6.07) is 3.65. The number of nitrogens with zero attached hydrogens (tertiary/aromatic N) is 3. The standard InChI is InChI=1S/C20H25FN4O2S2/c1-11(2)25(10-15(21)20(4,5)27)16-19(29-12(3)23-16)24-17(26)14-8-13-6-7-28-18(13)22-9-14/h6-9,11,15,27H,10H2,1-5H3,(H,24,26)/t15-/m1/s1. The van der Waals surface area contributed by atoms with Crippen molar-refractivity contribution < 1.29 is 14.3 Å². The van der Waals surface area contributed by atoms with Crippen LogP contribution in [0.2, 0.25) is 0 Å². The van der Waals surface area contributed by atoms with E-state index < -0.39 is 11.8 Å². The molecular weight excluding hydrogens is 411 g/mol. The number of carbonyl (C=O) groups excluding carboxylic acids is 1. The SMILES string of the molecule is Cc1nc(N(C[C@@H](F)C(C)(C)O)C(C)C)c(NC(=O)c2cnc3sccc3c2)s1. The van der Waals surface area contributed by atoms with Gasteiger partial charge in [-0.15, -0.1) is 11.3 Å². The third-order valence-corrected chi connectivity index (χ3v) is 6.24. The number of aromatic nitrogens is 2. The van der Waals surface area contributed by atoms with Gasteiger partial charge >= 0.3 is 0 Å². The lowest BCUT2D eigenvalue weighted by Crippen LogP contribution is -2.45. The fourth-order valence-electron chi connectivity index (χ4n) is 2.79. The summed E-state index contributed by atoms with van der Waals surface area (Å²) in [6.07, 6.45) is 0.0778. The Morgan fingerprint density at radius 3 is 2.79 bits per heavy atom. The summed E-state index contributed by atoms with van der Waals surface area (Å²) in [5.74, 6) is 0.214. The smallest absolute Gasteiger partial charge is 0.257 e. The lowest BCUT2D eigenvalue weighted by atomic mass is 10.0. The van der Waals surface area contributed by atoms with Crippen molar-refractivity contribution in [3.8, 4) is 0 Å². The average molecular weight is 437 g/mol. The molecule has 0 spiro atoms. The van der Waals surface area contributed by atoms with Crippen LogP contribution in [-0.2, 0) is 0 Å². The number of rotatable bonds is 7. The minimum atomic E-state index is -1.47. The number of hydrogen-bond acceptors (Lipinski definition) is 7. The van der Waals surface area contributed by atoms with Gasteiger partial charge in [0.2, 0.25) is 0 Å². The van der Waals surface area contributed by atoms with E-state index in [4.69, 9.17) is 0 Å². The number of halogens is 1. The molecule has 2 N–H and O–H groups in total. The van der Waals surface area contributed by atoms with E-state index in [-0.39, 0.29) is 18.5 Å². The van der Waals surface area contributed by atoms with Crippen molar-refractivity contribution in [2.45, 2.75) is 52.4 Å². The number of thiophene rings is 1. The van der Waals surface area contributed by atoms with Gasteiger partial charge in [-0.1, -0.05) is 11.3 Å². The van der Waals surface area contributed by atoms with Gasteiger partial charge in [0.1, 0.15) is 16.0 Å². The highest BCUT2D eigenvalue weighted by atomic mass is 32.1. The minimum Gasteiger partial charge on any atom is -0.387 e. The summed E-state index contributed by atoms with van der Waals surface area (Å²) < 4.78 is 14.6. The molecule has 3 rings (SSSR count). The number of nitrogens with one attached hydrogen (secondary N) is 1. The lowest BCUT2D eigenvalue weighted by molar-refractivity contribution is 0.0000661. The summed E-state index contributed by atoms with van der Waals surface area (Å²) in [5.41, 5.74) is -1.02. The molecule has 1 atom stereocenters. The lowest BCUT2D eigenvalue weighted by Gasteiger charge is -2.33. The Morgan fingerprint density at radius 2 is 2.14 bits per heavy atom. The second-order valence-electron chi connectivity index (χ2n) is 7.75. The van der Waals surface area contributed by atoms with Gasteiger partial charge in [0, 0.05) is 17.6 Å². The van der Waals surface area contributed by atoms with Crippen LogP contribution < -0.4 is 10.2 Å². The van der Waals surface area contributed by atoms with E-state index >= 15 is 0 Å². The fourth-order valence-corrected chi connectivity index (χ4v) is 4.33. The fraction of sp³-hybridized carbons (Fsp3) is 0.450. The minimum absolute atomic E-state index is 0.0321. The molecule has 0 aliphatic heterocycles. The molecule has 0 aromatic carbocycles. The van der Waals surface area contributed by atoms with Gasteiger partial charge in [0.15, 0.2) is 5.82 Å². The van der Waals surface area contributed by atoms with Crippen LogP contribution in [0.25, 0.3) is 10.2 Å². The maximum Gasteiger partial charge on any atom is 0.257 e. The number of carbonyl (C=O) groups is 1. The largest absolute Gasteiger partial charge is 0.387 e. The van der Waals surface area contributed by atoms with E-state index in [1.807, 2.05) is 32.2 Å². The van der Waals surface area contributed by atoms with Gasteiger partial charge in [-0.3, -0.25) is 4.79 Å². The number of hydrogen-bond donors (Lipinski definition) is 2. The molecule has 0 fully saturated rings. The predicted octanol–water partition coefficient (Wildman–Crippen LogP) is 4.64. The molecule has 0 aliphatic rings. The number of amides is 1. The predicted molar refractivity (Wildman–Crippen MR) is 118 cm³/mol. The van der Waals surface area contributed by atoms with E-state index in [9.17, 15) is 14.3 Å². The Balaban J connectivity index is 1.87. The van der Waals surface area contributed by atoms with Gasteiger partial charge in [0.25, 0.3) is 5.91 Å². The molecule has 29 heavy (non-hydrogen) atoms. The second kappa shape index (κ2) is 8.33. The Hall–Kier alpha value is -2.10. The van der Waals surface area contributed by atoms with Crippen LogP contribution in [-0.4, -0.2) is 45.3 Å². The van der Waals surface area contributed by atoms with Crippen LogP contribution in [0.15, 0.2) is 23.7 Å². The van der Waals surface area contributed by atoms with Crippen molar-refractivity contribution in [3.05, 3.63) is 34.3 Å². The van der Waals surface area contributed by atoms with Crippen LogP contribution in [0.4, 0.5) is 15.2 Å². The highest BCUT2D eigenvalue weighted by Crippen LogP contribution is 2.34. The maximum absolute atomic E-state index is 14.6. The summed E-state index contributed by atoms with van der Waals surface area (Å²) in [7, 11) is 0. The van der Waals surface area contributed by atoms with Crippen molar-refractivity contribution in [2.24, 2.45) is 0 Å². The molecule has 6 nitrogen and oxygen atoms in total. The summed E-state index contributed by atoms with van der Waals surface area (Å²) in [4.78, 5) is 24.3. The molecule has 0 saturated heterocycles. The van der Waals surface area contributed by atoms with Crippen molar-refractivity contribution in [1.82, 2.24) is 9.97 Å². The number of pyridine rings is 1. The average Bonchev–Trinajstić information content (AvgIpc) is 3.23. The molecule has 1 amide bonds. The summed E-state index contributed by atoms with van der Waals surface area (Å²) >= 11 is 2.85. The molecule has 3 aromatic heterocycles. The molecule has 0 aliphatic carbocycles. The third-order valence-electron chi connectivity index (χ3n) is 4.53. The van der Waals surface area contributed by atoms with Crippen LogP contribution in [0.1, 0.15) is 43.1 Å². The van der Waals surface area contributed by atoms with Crippen molar-refractivity contribution in [3.63, 3.8) is 0 Å². The number of aryl methyl sites for hydroxylation is 1. The first-order chi connectivity index (χ1) is 13.6. The molecule has 0 saturated carbocycles. The molecule has 3 aromatic rings. The number of anilines is 2. The highest BCUT2D eigenvalue weighted by molar-refractivity contribution is 7.17. The topological polar surface area (TPSA) is 78.4 Å². The Kier molecular flexibility index (Phi) is 6.21. The molecule has 156 valence electrons. The van der Waals surface area contributed by atoms with Gasteiger partial charge in [-0.25, -0.2) is 14.4 Å². The highest BCUT2D eigenvalue weighted by Gasteiger charge is 2.31. The van der Waals surface area contributed by atoms with E-state index in [1.54, 1.807) is 17.2 Å². The Labute approximate surface area is 177 Å². The van der Waals surface area contributed by atoms with Gasteiger partial charge in [-0.05, 0) is 52.1 Å². The Morgan fingerprint density at radius 1 is 1.41 bits per heavy atom. The second-order valence-corrected chi connectivity index (χ2v) is 9.84. The molecule has 9 heteroatoms. The summed E-state index contributed by atoms with van der Waals surface area (Å²) in [5, 5.41) is 17.1. The first-order valence-electron chi connectivity index (χ1n) is 9.31. The third kappa shape index (κ3) is 4.91. The van der Waals surface area contributed by atoms with E-state index in [1.165, 1.54) is 36.5 Å². The van der Waals surface area contributed by atoms with Gasteiger partial charge in [-0.2, -0.15) is 0 Å². The first kappa shape index (κ1) is 21.6. The summed E-state index contributed by atoms with van der Waals surface area (Å²) in [6.45, 7) is 8.54. The van der Waals surface area contributed by atoms with E-state index in [2.05, 4.69) is 15.3 Å². The molecule has 0 radical (unpaired) electrons. The first-order valence-corrected chi connectivity index (χ1v) is 11.0. The van der Waals surface area contributed by atoms with Gasteiger partial charge < -0.3 is 15.3 Å². The van der Waals surface area contributed by atoms with Crippen LogP contribution >= 0.6 is 22.7 Å². The monoisotopic (exact) mass is 436 g/mol. The van der Waals surface area contributed by atoms with Gasteiger partial charge in [0.05, 0.1) is 22.7 Å². The number of thiazole rings is 1. The number of aliphatic hydroxyl groups is 1. The number of alkyl halides is 1. The van der Waals surface area contributed by atoms with Crippen molar-refractivity contribution >= 4 is 49.6 Å². The Bertz CT molecular complexity index is 1010. The quantitative estimate of drug-likeness (QED) is 0.564. The zero-order valence-corrected chi connectivity index (χ0v) is 18.7.